The van der Waals surface area contributed by atoms with Crippen LogP contribution in [0.2, 0.25) is 0 Å². The third kappa shape index (κ3) is 4.11. The molecule has 112 valence electrons. The Kier molecular flexibility index (Phi) is 4.98. The highest BCUT2D eigenvalue weighted by molar-refractivity contribution is 5.74. The van der Waals surface area contributed by atoms with E-state index in [9.17, 15) is 4.79 Å². The fraction of sp³-hybridized carbons (Fsp3) is 0.600. The van der Waals surface area contributed by atoms with E-state index < -0.39 is 0 Å². The lowest BCUT2D eigenvalue weighted by Crippen LogP contribution is -2.41. The molecule has 2 amide bonds. The number of amides is 2. The standard InChI is InChI=1S/C15H26N4O/c1-8-10(2)16-14(20)17-11(3)13-9-19(15(5,6)7)18-12(13)4/h8-11H,1H2,2-7H3,(H2,16,17,20)/t10-,11+/m1/s1. The van der Waals surface area contributed by atoms with Crippen molar-refractivity contribution < 1.29 is 4.79 Å². The van der Waals surface area contributed by atoms with E-state index in [-0.39, 0.29) is 23.7 Å². The highest BCUT2D eigenvalue weighted by Crippen LogP contribution is 2.20. The molecule has 1 heterocycles. The van der Waals surface area contributed by atoms with Crippen molar-refractivity contribution in [2.24, 2.45) is 0 Å². The van der Waals surface area contributed by atoms with Crippen LogP contribution in [-0.2, 0) is 5.54 Å². The Morgan fingerprint density at radius 3 is 2.45 bits per heavy atom. The number of aromatic nitrogens is 2. The minimum atomic E-state index is -0.201. The monoisotopic (exact) mass is 278 g/mol. The number of hydrogen-bond donors (Lipinski definition) is 2. The highest BCUT2D eigenvalue weighted by atomic mass is 16.2. The lowest BCUT2D eigenvalue weighted by molar-refractivity contribution is 0.236. The summed E-state index contributed by atoms with van der Waals surface area (Å²) in [6, 6.07) is -0.350. The minimum absolute atomic E-state index is 0.0550. The van der Waals surface area contributed by atoms with Gasteiger partial charge in [-0.2, -0.15) is 5.10 Å². The van der Waals surface area contributed by atoms with Crippen LogP contribution in [0.25, 0.3) is 0 Å². The molecule has 0 aliphatic carbocycles. The second-order valence-electron chi connectivity index (χ2n) is 6.15. The zero-order chi connectivity index (χ0) is 15.5. The summed E-state index contributed by atoms with van der Waals surface area (Å²) in [5.41, 5.74) is 1.90. The number of rotatable bonds is 4. The van der Waals surface area contributed by atoms with Crippen LogP contribution in [0.15, 0.2) is 18.9 Å². The van der Waals surface area contributed by atoms with Crippen molar-refractivity contribution in [3.63, 3.8) is 0 Å². The fourth-order valence-electron chi connectivity index (χ4n) is 1.82. The Labute approximate surface area is 121 Å². The summed E-state index contributed by atoms with van der Waals surface area (Å²) >= 11 is 0. The van der Waals surface area contributed by atoms with Gasteiger partial charge in [-0.05, 0) is 41.5 Å². The summed E-state index contributed by atoms with van der Waals surface area (Å²) in [5, 5.41) is 10.2. The predicted octanol–water partition coefficient (Wildman–Crippen LogP) is 2.88. The first kappa shape index (κ1) is 16.3. The number of nitrogens with zero attached hydrogens (tertiary/aromatic N) is 2. The van der Waals surface area contributed by atoms with E-state index in [0.29, 0.717) is 0 Å². The van der Waals surface area contributed by atoms with Crippen LogP contribution in [0.3, 0.4) is 0 Å². The number of hydrogen-bond acceptors (Lipinski definition) is 2. The Morgan fingerprint density at radius 1 is 1.40 bits per heavy atom. The minimum Gasteiger partial charge on any atom is -0.332 e. The van der Waals surface area contributed by atoms with Gasteiger partial charge in [0, 0.05) is 17.8 Å². The second kappa shape index (κ2) is 6.11. The van der Waals surface area contributed by atoms with Crippen LogP contribution >= 0.6 is 0 Å². The average molecular weight is 278 g/mol. The van der Waals surface area contributed by atoms with Crippen molar-refractivity contribution in [3.8, 4) is 0 Å². The molecule has 0 aliphatic heterocycles. The van der Waals surface area contributed by atoms with E-state index in [4.69, 9.17) is 0 Å². The quantitative estimate of drug-likeness (QED) is 0.832. The van der Waals surface area contributed by atoms with Crippen molar-refractivity contribution in [3.05, 3.63) is 30.1 Å². The molecular weight excluding hydrogens is 252 g/mol. The Balaban J connectivity index is 2.78. The summed E-state index contributed by atoms with van der Waals surface area (Å²) in [6.07, 6.45) is 3.68. The lowest BCUT2D eigenvalue weighted by atomic mass is 10.1. The van der Waals surface area contributed by atoms with Crippen LogP contribution in [-0.4, -0.2) is 21.9 Å². The first-order valence-corrected chi connectivity index (χ1v) is 6.91. The average Bonchev–Trinajstić information content (AvgIpc) is 2.70. The molecule has 2 N–H and O–H groups in total. The van der Waals surface area contributed by atoms with Gasteiger partial charge in [0.1, 0.15) is 0 Å². The van der Waals surface area contributed by atoms with Gasteiger partial charge in [-0.3, -0.25) is 4.68 Å². The number of nitrogens with one attached hydrogen (secondary N) is 2. The van der Waals surface area contributed by atoms with Gasteiger partial charge in [0.25, 0.3) is 0 Å². The van der Waals surface area contributed by atoms with Gasteiger partial charge < -0.3 is 10.6 Å². The van der Waals surface area contributed by atoms with Gasteiger partial charge in [-0.1, -0.05) is 6.08 Å². The molecule has 0 aliphatic rings. The van der Waals surface area contributed by atoms with E-state index >= 15 is 0 Å². The Bertz CT molecular complexity index is 485. The molecule has 2 atom stereocenters. The molecule has 0 radical (unpaired) electrons. The van der Waals surface area contributed by atoms with Crippen molar-refractivity contribution >= 4 is 6.03 Å². The molecule has 1 aromatic rings. The zero-order valence-corrected chi connectivity index (χ0v) is 13.3. The number of aryl methyl sites for hydroxylation is 1. The predicted molar refractivity (Wildman–Crippen MR) is 81.7 cm³/mol. The van der Waals surface area contributed by atoms with Gasteiger partial charge in [0.15, 0.2) is 0 Å². The molecule has 5 heteroatoms. The molecule has 0 saturated heterocycles. The molecule has 0 saturated carbocycles. The number of carbonyl (C=O) groups excluding carboxylic acids is 1. The second-order valence-corrected chi connectivity index (χ2v) is 6.15. The van der Waals surface area contributed by atoms with E-state index in [1.807, 2.05) is 31.6 Å². The SMILES string of the molecule is C=C[C@@H](C)NC(=O)N[C@@H](C)c1cn(C(C)(C)C)nc1C. The van der Waals surface area contributed by atoms with E-state index in [1.165, 1.54) is 0 Å². The molecule has 0 spiro atoms. The van der Waals surface area contributed by atoms with E-state index in [0.717, 1.165) is 11.3 Å². The first-order valence-electron chi connectivity index (χ1n) is 6.91. The summed E-state index contributed by atoms with van der Waals surface area (Å²) in [7, 11) is 0. The third-order valence-corrected chi connectivity index (χ3v) is 3.15. The normalized spacial score (nSPS) is 14.5. The van der Waals surface area contributed by atoms with Gasteiger partial charge in [-0.15, -0.1) is 6.58 Å². The Hall–Kier alpha value is -1.78. The molecule has 0 unspecified atom stereocenters. The summed E-state index contributed by atoms with van der Waals surface area (Å²) < 4.78 is 1.93. The van der Waals surface area contributed by atoms with Crippen LogP contribution in [0.4, 0.5) is 4.79 Å². The zero-order valence-electron chi connectivity index (χ0n) is 13.3. The van der Waals surface area contributed by atoms with Crippen LogP contribution in [0, 0.1) is 6.92 Å². The van der Waals surface area contributed by atoms with Crippen molar-refractivity contribution in [1.29, 1.82) is 0 Å². The largest absolute Gasteiger partial charge is 0.332 e. The molecule has 0 bridgehead atoms. The van der Waals surface area contributed by atoms with Crippen LogP contribution < -0.4 is 10.6 Å². The summed E-state index contributed by atoms with van der Waals surface area (Å²) in [5.74, 6) is 0. The van der Waals surface area contributed by atoms with Crippen LogP contribution in [0.5, 0.6) is 0 Å². The fourth-order valence-corrected chi connectivity index (χ4v) is 1.82. The molecule has 0 aromatic carbocycles. The highest BCUT2D eigenvalue weighted by Gasteiger charge is 2.20. The maximum atomic E-state index is 11.8. The van der Waals surface area contributed by atoms with Crippen molar-refractivity contribution in [1.82, 2.24) is 20.4 Å². The molecule has 0 fully saturated rings. The van der Waals surface area contributed by atoms with E-state index in [2.05, 4.69) is 43.1 Å². The third-order valence-electron chi connectivity index (χ3n) is 3.15. The summed E-state index contributed by atoms with van der Waals surface area (Å²) in [4.78, 5) is 11.8. The molecule has 20 heavy (non-hydrogen) atoms. The van der Waals surface area contributed by atoms with Crippen LogP contribution in [0.1, 0.15) is 51.9 Å². The molecular formula is C15H26N4O. The first-order chi connectivity index (χ1) is 9.15. The topological polar surface area (TPSA) is 59.0 Å². The smallest absolute Gasteiger partial charge is 0.315 e. The van der Waals surface area contributed by atoms with E-state index in [1.54, 1.807) is 6.08 Å². The molecule has 1 rings (SSSR count). The van der Waals surface area contributed by atoms with Gasteiger partial charge in [-0.25, -0.2) is 4.79 Å². The number of urea groups is 1. The molecule has 1 aromatic heterocycles. The lowest BCUT2D eigenvalue weighted by Gasteiger charge is -2.19. The van der Waals surface area contributed by atoms with Gasteiger partial charge in [0.2, 0.25) is 0 Å². The van der Waals surface area contributed by atoms with Gasteiger partial charge >= 0.3 is 6.03 Å². The summed E-state index contributed by atoms with van der Waals surface area (Å²) in [6.45, 7) is 15.7. The number of carbonyl (C=O) groups is 1. The van der Waals surface area contributed by atoms with Crippen molar-refractivity contribution in [2.45, 2.75) is 59.2 Å². The maximum Gasteiger partial charge on any atom is 0.315 e. The van der Waals surface area contributed by atoms with Gasteiger partial charge in [0.05, 0.1) is 17.3 Å². The van der Waals surface area contributed by atoms with Crippen molar-refractivity contribution in [2.75, 3.05) is 0 Å². The maximum absolute atomic E-state index is 11.8. The Morgan fingerprint density at radius 2 is 2.00 bits per heavy atom. The molecule has 5 nitrogen and oxygen atoms in total.